The number of aliphatic hydroxyl groups is 1. The zero-order chi connectivity index (χ0) is 27.7. The Labute approximate surface area is 233 Å². The van der Waals surface area contributed by atoms with Crippen LogP contribution in [0.15, 0.2) is 72.8 Å². The predicted molar refractivity (Wildman–Crippen MR) is 153 cm³/mol. The number of aliphatic hydroxyl groups excluding tert-OH is 1. The van der Waals surface area contributed by atoms with Crippen LogP contribution in [0.4, 0.5) is 11.4 Å². The van der Waals surface area contributed by atoms with Crippen molar-refractivity contribution in [3.63, 3.8) is 0 Å². The third kappa shape index (κ3) is 4.65. The highest BCUT2D eigenvalue weighted by Gasteiger charge is 2.74. The van der Waals surface area contributed by atoms with E-state index in [9.17, 15) is 14.4 Å². The first-order valence-electron chi connectivity index (χ1n) is 14.3. The van der Waals surface area contributed by atoms with E-state index in [1.807, 2.05) is 72.8 Å². The van der Waals surface area contributed by atoms with Crippen LogP contribution in [0.1, 0.15) is 38.5 Å². The minimum absolute atomic E-state index is 0.137. The number of nitrogens with zero attached hydrogens (tertiary/aromatic N) is 1. The Morgan fingerprint density at radius 1 is 0.875 bits per heavy atom. The number of para-hydroxylation sites is 1. The molecular formula is C32H35N3O5. The Hall–Kier alpha value is -3.75. The zero-order valence-corrected chi connectivity index (χ0v) is 22.4. The first kappa shape index (κ1) is 26.5. The van der Waals surface area contributed by atoms with Gasteiger partial charge in [-0.1, -0.05) is 61.4 Å². The molecular weight excluding hydrogens is 506 g/mol. The van der Waals surface area contributed by atoms with E-state index in [4.69, 9.17) is 9.84 Å². The molecule has 6 rings (SSSR count). The van der Waals surface area contributed by atoms with Gasteiger partial charge in [0.15, 0.2) is 0 Å². The Bertz CT molecular complexity index is 1410. The van der Waals surface area contributed by atoms with Crippen LogP contribution in [0.5, 0.6) is 0 Å². The summed E-state index contributed by atoms with van der Waals surface area (Å²) in [4.78, 5) is 43.3. The summed E-state index contributed by atoms with van der Waals surface area (Å²) in [7, 11) is 0. The maximum absolute atomic E-state index is 14.0. The second-order valence-electron chi connectivity index (χ2n) is 11.1. The van der Waals surface area contributed by atoms with Gasteiger partial charge in [-0.2, -0.15) is 0 Å². The summed E-state index contributed by atoms with van der Waals surface area (Å²) >= 11 is 0. The summed E-state index contributed by atoms with van der Waals surface area (Å²) in [6, 6.07) is 22.1. The van der Waals surface area contributed by atoms with Crippen LogP contribution >= 0.6 is 0 Å². The molecule has 2 bridgehead atoms. The average Bonchev–Trinajstić information content (AvgIpc) is 3.61. The normalized spacial score (nSPS) is 26.7. The molecule has 8 heteroatoms. The summed E-state index contributed by atoms with van der Waals surface area (Å²) in [6.07, 6.45) is 3.88. The van der Waals surface area contributed by atoms with Crippen LogP contribution in [-0.4, -0.2) is 58.6 Å². The SMILES string of the molecule is O=C(Nc1ccc2ccccc2c1)C1N(CCCCCCO)C(=O)[C@@H]2[C@@H](C(=O)Nc3ccccc3)[C@H]3CCC12O3. The van der Waals surface area contributed by atoms with Gasteiger partial charge in [0.1, 0.15) is 11.6 Å². The van der Waals surface area contributed by atoms with Crippen molar-refractivity contribution in [3.05, 3.63) is 72.8 Å². The van der Waals surface area contributed by atoms with Gasteiger partial charge in [-0.15, -0.1) is 0 Å². The molecule has 3 aliphatic rings. The van der Waals surface area contributed by atoms with E-state index in [2.05, 4.69) is 10.6 Å². The first-order chi connectivity index (χ1) is 19.5. The number of benzene rings is 3. The number of anilines is 2. The maximum Gasteiger partial charge on any atom is 0.250 e. The van der Waals surface area contributed by atoms with E-state index in [1.54, 1.807) is 4.90 Å². The van der Waals surface area contributed by atoms with Crippen LogP contribution in [0, 0.1) is 11.8 Å². The molecule has 0 radical (unpaired) electrons. The number of amides is 3. The summed E-state index contributed by atoms with van der Waals surface area (Å²) in [6.45, 7) is 0.539. The molecule has 2 unspecified atom stereocenters. The molecule has 3 aliphatic heterocycles. The molecule has 5 atom stereocenters. The lowest BCUT2D eigenvalue weighted by Gasteiger charge is -2.33. The minimum Gasteiger partial charge on any atom is -0.396 e. The Balaban J connectivity index is 1.28. The van der Waals surface area contributed by atoms with Gasteiger partial charge in [-0.25, -0.2) is 0 Å². The smallest absolute Gasteiger partial charge is 0.250 e. The van der Waals surface area contributed by atoms with Crippen molar-refractivity contribution in [2.24, 2.45) is 11.8 Å². The van der Waals surface area contributed by atoms with E-state index in [-0.39, 0.29) is 24.3 Å². The van der Waals surface area contributed by atoms with Gasteiger partial charge < -0.3 is 25.4 Å². The van der Waals surface area contributed by atoms with Crippen LogP contribution in [0.3, 0.4) is 0 Å². The molecule has 0 aliphatic carbocycles. The highest BCUT2D eigenvalue weighted by molar-refractivity contribution is 6.05. The van der Waals surface area contributed by atoms with Crippen molar-refractivity contribution in [1.29, 1.82) is 0 Å². The Morgan fingerprint density at radius 3 is 2.40 bits per heavy atom. The zero-order valence-electron chi connectivity index (χ0n) is 22.4. The molecule has 3 fully saturated rings. The van der Waals surface area contributed by atoms with Crippen LogP contribution in [0.25, 0.3) is 10.8 Å². The van der Waals surface area contributed by atoms with Crippen LogP contribution in [-0.2, 0) is 19.1 Å². The van der Waals surface area contributed by atoms with Crippen molar-refractivity contribution in [1.82, 2.24) is 4.90 Å². The third-order valence-electron chi connectivity index (χ3n) is 8.72. The molecule has 3 heterocycles. The standard InChI is InChI=1S/C32H35N3O5/c36-19-9-2-1-8-18-35-28(30(38)34-24-15-14-21-10-6-7-11-22(21)20-24)32-17-16-25(40-32)26(27(32)31(35)39)29(37)33-23-12-4-3-5-13-23/h3-7,10-15,20,25-28,36H,1-2,8-9,16-19H2,(H,33,37)(H,34,38)/t25-,26+,27+,28?,32?/m1/s1. The quantitative estimate of drug-likeness (QED) is 0.331. The van der Waals surface area contributed by atoms with Crippen LogP contribution in [0.2, 0.25) is 0 Å². The van der Waals surface area contributed by atoms with E-state index >= 15 is 0 Å². The summed E-state index contributed by atoms with van der Waals surface area (Å²) in [5.74, 6) is -2.08. The second-order valence-corrected chi connectivity index (χ2v) is 11.1. The van der Waals surface area contributed by atoms with Crippen molar-refractivity contribution < 1.29 is 24.2 Å². The van der Waals surface area contributed by atoms with E-state index in [1.165, 1.54) is 0 Å². The van der Waals surface area contributed by atoms with Crippen molar-refractivity contribution >= 4 is 39.9 Å². The monoisotopic (exact) mass is 541 g/mol. The number of unbranched alkanes of at least 4 members (excludes halogenated alkanes) is 3. The number of rotatable bonds is 10. The predicted octanol–water partition coefficient (Wildman–Crippen LogP) is 4.34. The van der Waals surface area contributed by atoms with Gasteiger partial charge in [0.25, 0.3) is 0 Å². The Morgan fingerprint density at radius 2 is 1.60 bits per heavy atom. The summed E-state index contributed by atoms with van der Waals surface area (Å²) < 4.78 is 6.53. The number of fused-ring (bicyclic) bond motifs is 2. The molecule has 0 saturated carbocycles. The molecule has 3 aromatic rings. The van der Waals surface area contributed by atoms with E-state index in [0.29, 0.717) is 43.6 Å². The summed E-state index contributed by atoms with van der Waals surface area (Å²) in [5.41, 5.74) is 0.290. The lowest BCUT2D eigenvalue weighted by atomic mass is 9.70. The molecule has 8 nitrogen and oxygen atoms in total. The minimum atomic E-state index is -1.04. The van der Waals surface area contributed by atoms with Gasteiger partial charge in [0.05, 0.1) is 17.9 Å². The Kier molecular flexibility index (Phi) is 7.29. The number of hydrogen-bond donors (Lipinski definition) is 3. The first-order valence-corrected chi connectivity index (χ1v) is 14.3. The lowest BCUT2D eigenvalue weighted by Crippen LogP contribution is -2.53. The molecule has 0 aromatic heterocycles. The number of ether oxygens (including phenoxy) is 1. The number of hydrogen-bond acceptors (Lipinski definition) is 5. The van der Waals surface area contributed by atoms with Crippen molar-refractivity contribution in [2.45, 2.75) is 56.3 Å². The fraction of sp³-hybridized carbons (Fsp3) is 0.406. The van der Waals surface area contributed by atoms with Crippen molar-refractivity contribution in [3.8, 4) is 0 Å². The number of carbonyl (C=O) groups excluding carboxylic acids is 3. The van der Waals surface area contributed by atoms with Gasteiger partial charge in [0, 0.05) is 24.5 Å². The highest BCUT2D eigenvalue weighted by Crippen LogP contribution is 2.58. The molecule has 3 amide bonds. The molecule has 3 N–H and O–H groups in total. The second kappa shape index (κ2) is 11.0. The lowest BCUT2D eigenvalue weighted by molar-refractivity contribution is -0.139. The number of nitrogens with one attached hydrogen (secondary N) is 2. The van der Waals surface area contributed by atoms with Gasteiger partial charge in [-0.3, -0.25) is 14.4 Å². The molecule has 3 aromatic carbocycles. The molecule has 208 valence electrons. The van der Waals surface area contributed by atoms with E-state index in [0.717, 1.165) is 23.6 Å². The van der Waals surface area contributed by atoms with Crippen LogP contribution < -0.4 is 10.6 Å². The molecule has 40 heavy (non-hydrogen) atoms. The topological polar surface area (TPSA) is 108 Å². The largest absolute Gasteiger partial charge is 0.396 e. The third-order valence-corrected chi connectivity index (χ3v) is 8.72. The number of carbonyl (C=O) groups is 3. The summed E-state index contributed by atoms with van der Waals surface area (Å²) in [5, 5.41) is 17.2. The average molecular weight is 542 g/mol. The van der Waals surface area contributed by atoms with Crippen molar-refractivity contribution in [2.75, 3.05) is 23.8 Å². The van der Waals surface area contributed by atoms with Gasteiger partial charge >= 0.3 is 0 Å². The van der Waals surface area contributed by atoms with E-state index < -0.39 is 29.6 Å². The fourth-order valence-electron chi connectivity index (χ4n) is 6.97. The fourth-order valence-corrected chi connectivity index (χ4v) is 6.97. The van der Waals surface area contributed by atoms with Gasteiger partial charge in [0.2, 0.25) is 17.7 Å². The molecule has 3 saturated heterocycles. The maximum atomic E-state index is 14.0. The highest BCUT2D eigenvalue weighted by atomic mass is 16.5. The number of likely N-dealkylation sites (tertiary alicyclic amines) is 1. The van der Waals surface area contributed by atoms with Gasteiger partial charge in [-0.05, 0) is 60.7 Å². The molecule has 1 spiro atoms.